The average molecular weight is 308 g/mol. The molecule has 0 heterocycles. The van der Waals surface area contributed by atoms with Gasteiger partial charge in [0.05, 0.1) is 10.0 Å². The number of anilines is 1. The van der Waals surface area contributed by atoms with Crippen molar-refractivity contribution in [3.8, 4) is 11.5 Å². The van der Waals surface area contributed by atoms with Crippen molar-refractivity contribution in [2.24, 2.45) is 0 Å². The van der Waals surface area contributed by atoms with Crippen LogP contribution in [0.25, 0.3) is 0 Å². The quantitative estimate of drug-likeness (QED) is 0.769. The first kappa shape index (κ1) is 13.6. The Morgan fingerprint density at radius 3 is 2.25 bits per heavy atom. The van der Waals surface area contributed by atoms with Crippen LogP contribution in [0.3, 0.4) is 0 Å². The van der Waals surface area contributed by atoms with Crippen molar-refractivity contribution in [3.63, 3.8) is 0 Å². The van der Waals surface area contributed by atoms with Gasteiger partial charge in [0.25, 0.3) is 0 Å². The van der Waals surface area contributed by atoms with Crippen LogP contribution in [0, 0.1) is 0 Å². The molecule has 0 radical (unpaired) electrons. The second kappa shape index (κ2) is 5.55. The fourth-order valence-corrected chi connectivity index (χ4v) is 3.15. The van der Waals surface area contributed by atoms with Crippen molar-refractivity contribution in [1.82, 2.24) is 0 Å². The molecule has 0 fully saturated rings. The third-order valence-electron chi connectivity index (χ3n) is 3.56. The number of fused-ring (bicyclic) bond motifs is 1. The van der Waals surface area contributed by atoms with Crippen LogP contribution in [0.4, 0.5) is 5.69 Å². The zero-order chi connectivity index (χ0) is 14.1. The van der Waals surface area contributed by atoms with Crippen LogP contribution in [0.2, 0.25) is 10.0 Å². The topological polar surface area (TPSA) is 35.2 Å². The molecular formula is C16H15Cl2NO. The van der Waals surface area contributed by atoms with E-state index in [1.807, 2.05) is 6.07 Å². The number of rotatable bonds is 2. The first-order chi connectivity index (χ1) is 9.63. The highest BCUT2D eigenvalue weighted by Gasteiger charge is 2.13. The van der Waals surface area contributed by atoms with Crippen LogP contribution in [0.15, 0.2) is 30.3 Å². The molecule has 0 unspecified atom stereocenters. The Morgan fingerprint density at radius 2 is 1.55 bits per heavy atom. The second-order valence-electron chi connectivity index (χ2n) is 5.05. The summed E-state index contributed by atoms with van der Waals surface area (Å²) in [6.07, 6.45) is 4.76. The molecule has 104 valence electrons. The lowest BCUT2D eigenvalue weighted by Crippen LogP contribution is -2.02. The molecule has 0 aromatic heterocycles. The predicted octanol–water partition coefficient (Wildman–Crippen LogP) is 5.25. The molecule has 0 saturated heterocycles. The number of hydrogen-bond donors (Lipinski definition) is 1. The van der Waals surface area contributed by atoms with Gasteiger partial charge >= 0.3 is 0 Å². The summed E-state index contributed by atoms with van der Waals surface area (Å²) in [6, 6.07) is 9.45. The molecule has 0 bridgehead atoms. The van der Waals surface area contributed by atoms with Crippen LogP contribution < -0.4 is 10.5 Å². The van der Waals surface area contributed by atoms with E-state index in [9.17, 15) is 0 Å². The molecule has 2 aromatic carbocycles. The molecule has 0 amide bonds. The number of benzene rings is 2. The number of aryl methyl sites for hydroxylation is 2. The lowest BCUT2D eigenvalue weighted by atomic mass is 9.92. The van der Waals surface area contributed by atoms with Crippen molar-refractivity contribution < 1.29 is 4.74 Å². The maximum absolute atomic E-state index is 6.14. The first-order valence-corrected chi connectivity index (χ1v) is 7.43. The maximum atomic E-state index is 6.14. The van der Waals surface area contributed by atoms with Gasteiger partial charge in [-0.15, -0.1) is 0 Å². The van der Waals surface area contributed by atoms with Gasteiger partial charge in [-0.1, -0.05) is 29.3 Å². The highest BCUT2D eigenvalue weighted by Crippen LogP contribution is 2.38. The van der Waals surface area contributed by atoms with Gasteiger partial charge in [0.2, 0.25) is 0 Å². The molecule has 20 heavy (non-hydrogen) atoms. The molecule has 4 heteroatoms. The highest BCUT2D eigenvalue weighted by atomic mass is 35.5. The second-order valence-corrected chi connectivity index (χ2v) is 5.87. The summed E-state index contributed by atoms with van der Waals surface area (Å²) >= 11 is 12.3. The Balaban J connectivity index is 1.92. The Labute approximate surface area is 128 Å². The summed E-state index contributed by atoms with van der Waals surface area (Å²) in [7, 11) is 0. The summed E-state index contributed by atoms with van der Waals surface area (Å²) in [5, 5.41) is 0.848. The third kappa shape index (κ3) is 2.72. The van der Waals surface area contributed by atoms with E-state index in [4.69, 9.17) is 33.7 Å². The van der Waals surface area contributed by atoms with Gasteiger partial charge in [0, 0.05) is 5.69 Å². The van der Waals surface area contributed by atoms with Gasteiger partial charge < -0.3 is 10.5 Å². The summed E-state index contributed by atoms with van der Waals surface area (Å²) < 4.78 is 5.84. The van der Waals surface area contributed by atoms with E-state index in [0.29, 0.717) is 21.5 Å². The van der Waals surface area contributed by atoms with Crippen LogP contribution >= 0.6 is 23.2 Å². The maximum Gasteiger partial charge on any atom is 0.164 e. The first-order valence-electron chi connectivity index (χ1n) is 6.67. The SMILES string of the molecule is Nc1cc(Cl)c(Oc2ccc3c(c2)CCCC3)c(Cl)c1. The lowest BCUT2D eigenvalue weighted by Gasteiger charge is -2.17. The largest absolute Gasteiger partial charge is 0.454 e. The number of nitrogen functional groups attached to an aromatic ring is 1. The number of ether oxygens (including phenoxy) is 1. The van der Waals surface area contributed by atoms with Crippen molar-refractivity contribution in [2.75, 3.05) is 5.73 Å². The Hall–Kier alpha value is -1.38. The van der Waals surface area contributed by atoms with Gasteiger partial charge in [-0.25, -0.2) is 0 Å². The molecule has 2 aromatic rings. The van der Waals surface area contributed by atoms with Gasteiger partial charge in [0.15, 0.2) is 5.75 Å². The van der Waals surface area contributed by atoms with Crippen LogP contribution in [-0.2, 0) is 12.8 Å². The van der Waals surface area contributed by atoms with Gasteiger partial charge in [-0.2, -0.15) is 0 Å². The normalized spacial score (nSPS) is 13.9. The van der Waals surface area contributed by atoms with E-state index in [0.717, 1.165) is 18.6 Å². The van der Waals surface area contributed by atoms with Crippen molar-refractivity contribution in [1.29, 1.82) is 0 Å². The lowest BCUT2D eigenvalue weighted by molar-refractivity contribution is 0.481. The smallest absolute Gasteiger partial charge is 0.164 e. The Bertz CT molecular complexity index is 632. The van der Waals surface area contributed by atoms with E-state index in [2.05, 4.69) is 12.1 Å². The molecule has 1 aliphatic rings. The average Bonchev–Trinajstić information content (AvgIpc) is 2.42. The van der Waals surface area contributed by atoms with E-state index in [1.54, 1.807) is 12.1 Å². The predicted molar refractivity (Wildman–Crippen MR) is 84.0 cm³/mol. The van der Waals surface area contributed by atoms with Crippen LogP contribution in [0.5, 0.6) is 11.5 Å². The molecule has 0 aliphatic heterocycles. The van der Waals surface area contributed by atoms with E-state index in [-0.39, 0.29) is 0 Å². The molecule has 1 aliphatic carbocycles. The van der Waals surface area contributed by atoms with Gasteiger partial charge in [-0.3, -0.25) is 0 Å². The summed E-state index contributed by atoms with van der Waals surface area (Å²) in [4.78, 5) is 0. The molecule has 0 atom stereocenters. The van der Waals surface area contributed by atoms with Gasteiger partial charge in [0.1, 0.15) is 5.75 Å². The minimum absolute atomic E-state index is 0.424. The highest BCUT2D eigenvalue weighted by molar-refractivity contribution is 6.37. The minimum Gasteiger partial charge on any atom is -0.454 e. The molecule has 3 rings (SSSR count). The minimum atomic E-state index is 0.424. The zero-order valence-electron chi connectivity index (χ0n) is 11.0. The summed E-state index contributed by atoms with van der Waals surface area (Å²) in [6.45, 7) is 0. The molecule has 2 N–H and O–H groups in total. The number of hydrogen-bond acceptors (Lipinski definition) is 2. The van der Waals surface area contributed by atoms with E-state index < -0.39 is 0 Å². The zero-order valence-corrected chi connectivity index (χ0v) is 12.5. The third-order valence-corrected chi connectivity index (χ3v) is 4.12. The number of nitrogens with two attached hydrogens (primary N) is 1. The fourth-order valence-electron chi connectivity index (χ4n) is 2.57. The molecular weight excluding hydrogens is 293 g/mol. The van der Waals surface area contributed by atoms with Crippen LogP contribution in [0.1, 0.15) is 24.0 Å². The molecule has 0 saturated carbocycles. The van der Waals surface area contributed by atoms with Crippen molar-refractivity contribution in [3.05, 3.63) is 51.5 Å². The summed E-state index contributed by atoms with van der Waals surface area (Å²) in [5.74, 6) is 1.22. The Morgan fingerprint density at radius 1 is 0.900 bits per heavy atom. The monoisotopic (exact) mass is 307 g/mol. The van der Waals surface area contributed by atoms with Crippen molar-refractivity contribution >= 4 is 28.9 Å². The van der Waals surface area contributed by atoms with E-state index >= 15 is 0 Å². The fraction of sp³-hybridized carbons (Fsp3) is 0.250. The van der Waals surface area contributed by atoms with E-state index in [1.165, 1.54) is 24.0 Å². The number of halogens is 2. The molecule has 2 nitrogen and oxygen atoms in total. The van der Waals surface area contributed by atoms with Crippen LogP contribution in [-0.4, -0.2) is 0 Å². The summed E-state index contributed by atoms with van der Waals surface area (Å²) in [5.41, 5.74) is 8.99. The van der Waals surface area contributed by atoms with Crippen molar-refractivity contribution in [2.45, 2.75) is 25.7 Å². The van der Waals surface area contributed by atoms with Gasteiger partial charge in [-0.05, 0) is 61.1 Å². The molecule has 0 spiro atoms. The Kier molecular flexibility index (Phi) is 3.77. The standard InChI is InChI=1S/C16H15Cl2NO/c17-14-8-12(19)9-15(18)16(14)20-13-6-5-10-3-1-2-4-11(10)7-13/h5-9H,1-4,19H2.